The molecule has 21 heavy (non-hydrogen) atoms. The Morgan fingerprint density at radius 1 is 1.38 bits per heavy atom. The first kappa shape index (κ1) is 15.8. The number of sulfone groups is 1. The second kappa shape index (κ2) is 6.05. The topological polar surface area (TPSA) is 63.7 Å². The summed E-state index contributed by atoms with van der Waals surface area (Å²) in [6.45, 7) is 5.85. The second-order valence-corrected chi connectivity index (χ2v) is 7.64. The van der Waals surface area contributed by atoms with E-state index in [9.17, 15) is 13.2 Å². The Bertz CT molecular complexity index is 639. The molecule has 116 valence electrons. The summed E-state index contributed by atoms with van der Waals surface area (Å²) in [4.78, 5) is 13.8. The van der Waals surface area contributed by atoms with Gasteiger partial charge in [0.05, 0.1) is 29.8 Å². The molecule has 1 amide bonds. The minimum Gasteiger partial charge on any atom is -0.449 e. The maximum absolute atomic E-state index is 12.3. The number of hydrogen-bond acceptors (Lipinski definition) is 4. The fourth-order valence-corrected chi connectivity index (χ4v) is 4.29. The van der Waals surface area contributed by atoms with Gasteiger partial charge in [-0.25, -0.2) is 13.2 Å². The number of carbonyl (C=O) groups excluding carboxylic acids is 1. The van der Waals surface area contributed by atoms with Gasteiger partial charge < -0.3 is 4.74 Å². The molecule has 6 heteroatoms. The lowest BCUT2D eigenvalue weighted by Gasteiger charge is -2.29. The zero-order chi connectivity index (χ0) is 15.6. The summed E-state index contributed by atoms with van der Waals surface area (Å²) in [5.74, 6) is 0.123. The molecule has 1 saturated heterocycles. The summed E-state index contributed by atoms with van der Waals surface area (Å²) < 4.78 is 28.6. The zero-order valence-electron chi connectivity index (χ0n) is 12.6. The Kier molecular flexibility index (Phi) is 4.56. The number of amides is 1. The number of benzene rings is 1. The van der Waals surface area contributed by atoms with Gasteiger partial charge in [0, 0.05) is 0 Å². The van der Waals surface area contributed by atoms with E-state index in [0.29, 0.717) is 6.42 Å². The highest BCUT2D eigenvalue weighted by atomic mass is 32.2. The standard InChI is InChI=1S/C15H21NO4S/c1-4-20-15(17)16(13-7-8-21(18,19)10-13)14-9-11(2)5-6-12(14)3/h5-6,9,13H,4,7-8,10H2,1-3H3. The van der Waals surface area contributed by atoms with Gasteiger partial charge in [0.25, 0.3) is 0 Å². The van der Waals surface area contributed by atoms with Gasteiger partial charge >= 0.3 is 6.09 Å². The Morgan fingerprint density at radius 2 is 2.10 bits per heavy atom. The van der Waals surface area contributed by atoms with E-state index in [1.807, 2.05) is 32.0 Å². The van der Waals surface area contributed by atoms with Gasteiger partial charge in [0.2, 0.25) is 0 Å². The van der Waals surface area contributed by atoms with Gasteiger partial charge in [-0.3, -0.25) is 4.90 Å². The van der Waals surface area contributed by atoms with Crippen LogP contribution in [0.25, 0.3) is 0 Å². The molecule has 1 unspecified atom stereocenters. The average Bonchev–Trinajstić information content (AvgIpc) is 2.74. The number of anilines is 1. The van der Waals surface area contributed by atoms with Crippen molar-refractivity contribution in [2.24, 2.45) is 0 Å². The van der Waals surface area contributed by atoms with Crippen LogP contribution < -0.4 is 4.90 Å². The smallest absolute Gasteiger partial charge is 0.414 e. The minimum absolute atomic E-state index is 0.000797. The zero-order valence-corrected chi connectivity index (χ0v) is 13.4. The lowest BCUT2D eigenvalue weighted by molar-refractivity contribution is 0.157. The maximum atomic E-state index is 12.3. The third-order valence-electron chi connectivity index (χ3n) is 3.66. The Hall–Kier alpha value is -1.56. The maximum Gasteiger partial charge on any atom is 0.414 e. The molecule has 5 nitrogen and oxygen atoms in total. The molecular formula is C15H21NO4S. The van der Waals surface area contributed by atoms with Crippen molar-refractivity contribution < 1.29 is 17.9 Å². The van der Waals surface area contributed by atoms with E-state index in [1.165, 1.54) is 4.90 Å². The van der Waals surface area contributed by atoms with Crippen LogP contribution in [0.15, 0.2) is 18.2 Å². The summed E-state index contributed by atoms with van der Waals surface area (Å²) in [6.07, 6.45) is -0.0255. The van der Waals surface area contributed by atoms with E-state index in [0.717, 1.165) is 16.8 Å². The van der Waals surface area contributed by atoms with E-state index < -0.39 is 15.9 Å². The molecule has 0 N–H and O–H groups in total. The van der Waals surface area contributed by atoms with Crippen LogP contribution in [0.4, 0.5) is 10.5 Å². The van der Waals surface area contributed by atoms with Crippen molar-refractivity contribution in [1.82, 2.24) is 0 Å². The van der Waals surface area contributed by atoms with Crippen LogP contribution in [0.2, 0.25) is 0 Å². The highest BCUT2D eigenvalue weighted by molar-refractivity contribution is 7.91. The predicted molar refractivity (Wildman–Crippen MR) is 82.5 cm³/mol. The largest absolute Gasteiger partial charge is 0.449 e. The van der Waals surface area contributed by atoms with Crippen molar-refractivity contribution in [3.05, 3.63) is 29.3 Å². The van der Waals surface area contributed by atoms with Crippen molar-refractivity contribution in [3.8, 4) is 0 Å². The van der Waals surface area contributed by atoms with Crippen molar-refractivity contribution in [2.45, 2.75) is 33.2 Å². The molecule has 1 aromatic carbocycles. The SMILES string of the molecule is CCOC(=O)N(c1cc(C)ccc1C)C1CCS(=O)(=O)C1. The van der Waals surface area contributed by atoms with Crippen LogP contribution >= 0.6 is 0 Å². The minimum atomic E-state index is -3.07. The first-order valence-corrected chi connectivity index (χ1v) is 8.90. The third kappa shape index (κ3) is 3.56. The number of nitrogens with zero attached hydrogens (tertiary/aromatic N) is 1. The molecule has 1 fully saturated rings. The molecule has 0 radical (unpaired) electrons. The van der Waals surface area contributed by atoms with Crippen molar-refractivity contribution in [2.75, 3.05) is 23.0 Å². The highest BCUT2D eigenvalue weighted by Gasteiger charge is 2.36. The van der Waals surface area contributed by atoms with Crippen LogP contribution in [0.1, 0.15) is 24.5 Å². The van der Waals surface area contributed by atoms with Crippen LogP contribution in [-0.2, 0) is 14.6 Å². The normalized spacial score (nSPS) is 20.2. The molecule has 1 aliphatic rings. The molecule has 0 bridgehead atoms. The van der Waals surface area contributed by atoms with Gasteiger partial charge in [0.1, 0.15) is 0 Å². The third-order valence-corrected chi connectivity index (χ3v) is 5.41. The number of rotatable bonds is 3. The van der Waals surface area contributed by atoms with Gasteiger partial charge in [-0.05, 0) is 44.4 Å². The van der Waals surface area contributed by atoms with E-state index in [2.05, 4.69) is 0 Å². The van der Waals surface area contributed by atoms with Crippen molar-refractivity contribution in [3.63, 3.8) is 0 Å². The van der Waals surface area contributed by atoms with Gasteiger partial charge in [0.15, 0.2) is 9.84 Å². The first-order valence-electron chi connectivity index (χ1n) is 7.07. The molecule has 1 aliphatic heterocycles. The van der Waals surface area contributed by atoms with E-state index in [4.69, 9.17) is 4.74 Å². The first-order chi connectivity index (χ1) is 9.84. The van der Waals surface area contributed by atoms with Gasteiger partial charge in [-0.2, -0.15) is 0 Å². The Labute approximate surface area is 125 Å². The number of hydrogen-bond donors (Lipinski definition) is 0. The molecule has 1 atom stereocenters. The van der Waals surface area contributed by atoms with Gasteiger partial charge in [-0.15, -0.1) is 0 Å². The molecule has 1 aromatic rings. The van der Waals surface area contributed by atoms with E-state index in [1.54, 1.807) is 6.92 Å². The summed E-state index contributed by atoms with van der Waals surface area (Å²) in [5.41, 5.74) is 2.68. The second-order valence-electron chi connectivity index (χ2n) is 5.42. The fraction of sp³-hybridized carbons (Fsp3) is 0.533. The van der Waals surface area contributed by atoms with Crippen LogP contribution in [0.3, 0.4) is 0 Å². The quantitative estimate of drug-likeness (QED) is 0.860. The van der Waals surface area contributed by atoms with Crippen molar-refractivity contribution in [1.29, 1.82) is 0 Å². The Balaban J connectivity index is 2.41. The predicted octanol–water partition coefficient (Wildman–Crippen LogP) is 2.45. The lowest BCUT2D eigenvalue weighted by Crippen LogP contribution is -2.42. The lowest BCUT2D eigenvalue weighted by atomic mass is 10.1. The summed E-state index contributed by atoms with van der Waals surface area (Å²) in [7, 11) is -3.07. The summed E-state index contributed by atoms with van der Waals surface area (Å²) in [5, 5.41) is 0. The molecule has 0 spiro atoms. The molecule has 0 aliphatic carbocycles. The van der Waals surface area contributed by atoms with Crippen LogP contribution in [0, 0.1) is 13.8 Å². The van der Waals surface area contributed by atoms with E-state index in [-0.39, 0.29) is 24.2 Å². The monoisotopic (exact) mass is 311 g/mol. The fourth-order valence-electron chi connectivity index (χ4n) is 2.60. The number of carbonyl (C=O) groups is 1. The summed E-state index contributed by atoms with van der Waals surface area (Å²) >= 11 is 0. The molecule has 0 aromatic heterocycles. The number of ether oxygens (including phenoxy) is 1. The molecular weight excluding hydrogens is 290 g/mol. The molecule has 2 rings (SSSR count). The molecule has 1 heterocycles. The van der Waals surface area contributed by atoms with Gasteiger partial charge in [-0.1, -0.05) is 12.1 Å². The highest BCUT2D eigenvalue weighted by Crippen LogP contribution is 2.29. The molecule has 0 saturated carbocycles. The number of aryl methyl sites for hydroxylation is 2. The van der Waals surface area contributed by atoms with E-state index >= 15 is 0 Å². The Morgan fingerprint density at radius 3 is 2.67 bits per heavy atom. The van der Waals surface area contributed by atoms with Crippen LogP contribution in [-0.4, -0.2) is 38.7 Å². The van der Waals surface area contributed by atoms with Crippen LogP contribution in [0.5, 0.6) is 0 Å². The van der Waals surface area contributed by atoms with Crippen molar-refractivity contribution >= 4 is 21.6 Å². The average molecular weight is 311 g/mol. The summed E-state index contributed by atoms with van der Waals surface area (Å²) in [6, 6.07) is 5.44.